The van der Waals surface area contributed by atoms with Crippen molar-refractivity contribution in [3.05, 3.63) is 12.2 Å². The van der Waals surface area contributed by atoms with Gasteiger partial charge in [0.25, 0.3) is 7.82 Å². The molecule has 0 aromatic carbocycles. The Morgan fingerprint density at radius 2 is 1.10 bits per heavy atom. The van der Waals surface area contributed by atoms with E-state index in [0.29, 0.717) is 23.9 Å². The van der Waals surface area contributed by atoms with Gasteiger partial charge in [-0.3, -0.25) is 9.36 Å². The van der Waals surface area contributed by atoms with Gasteiger partial charge in [0.05, 0.1) is 39.9 Å². The highest BCUT2D eigenvalue weighted by atomic mass is 31.2. The first-order chi connectivity index (χ1) is 24.0. The molecule has 0 heterocycles. The highest BCUT2D eigenvalue weighted by molar-refractivity contribution is 7.45. The minimum atomic E-state index is -4.56. The molecule has 0 aliphatic heterocycles. The fourth-order valence-electron chi connectivity index (χ4n) is 6.09. The zero-order valence-electron chi connectivity index (χ0n) is 33.6. The molecule has 0 rings (SSSR count). The number of phosphoric acid groups is 1. The predicted octanol–water partition coefficient (Wildman–Crippen LogP) is 10.6. The van der Waals surface area contributed by atoms with Crippen LogP contribution in [-0.4, -0.2) is 68.5 Å². The lowest BCUT2D eigenvalue weighted by atomic mass is 10.0. The second kappa shape index (κ2) is 34.0. The molecule has 50 heavy (non-hydrogen) atoms. The SMILES string of the molecule is CCCCCCC/C=C/CCCC[C@@H](O)[C@H](COP(=O)([O-])OCC[N+](C)(C)C)NC(=O)CCCCCCCCCCCCCCCCCCC. The Hall–Kier alpha value is -0.760. The van der Waals surface area contributed by atoms with E-state index in [9.17, 15) is 19.4 Å². The number of aliphatic hydroxyl groups excluding tert-OH is 1. The molecule has 8 nitrogen and oxygen atoms in total. The molecule has 2 N–H and O–H groups in total. The molecule has 0 saturated carbocycles. The number of amides is 1. The lowest BCUT2D eigenvalue weighted by Gasteiger charge is -2.30. The zero-order valence-corrected chi connectivity index (χ0v) is 34.5. The normalized spacial score (nSPS) is 14.6. The van der Waals surface area contributed by atoms with Gasteiger partial charge in [0.2, 0.25) is 5.91 Å². The van der Waals surface area contributed by atoms with Gasteiger partial charge in [-0.15, -0.1) is 0 Å². The molecule has 0 aromatic heterocycles. The van der Waals surface area contributed by atoms with Gasteiger partial charge in [-0.25, -0.2) is 0 Å². The molecule has 3 atom stereocenters. The number of hydrogen-bond donors (Lipinski definition) is 2. The first kappa shape index (κ1) is 49.2. The van der Waals surface area contributed by atoms with E-state index in [-0.39, 0.29) is 19.1 Å². The van der Waals surface area contributed by atoms with Gasteiger partial charge in [-0.2, -0.15) is 0 Å². The summed E-state index contributed by atoms with van der Waals surface area (Å²) in [7, 11) is 1.29. The number of rotatable bonds is 38. The van der Waals surface area contributed by atoms with Crippen molar-refractivity contribution >= 4 is 13.7 Å². The first-order valence-corrected chi connectivity index (χ1v) is 22.5. The van der Waals surface area contributed by atoms with Crippen LogP contribution in [0.2, 0.25) is 0 Å². The second-order valence-corrected chi connectivity index (χ2v) is 17.1. The van der Waals surface area contributed by atoms with Crippen molar-refractivity contribution in [1.29, 1.82) is 0 Å². The van der Waals surface area contributed by atoms with Gasteiger partial charge in [0.1, 0.15) is 13.2 Å². The number of hydrogen-bond acceptors (Lipinski definition) is 6. The Morgan fingerprint density at radius 1 is 0.680 bits per heavy atom. The maximum Gasteiger partial charge on any atom is 0.268 e. The number of quaternary nitrogens is 1. The van der Waals surface area contributed by atoms with Gasteiger partial charge in [0.15, 0.2) is 0 Å². The quantitative estimate of drug-likeness (QED) is 0.0283. The summed E-state index contributed by atoms with van der Waals surface area (Å²) in [6, 6.07) is -0.809. The Morgan fingerprint density at radius 3 is 1.56 bits per heavy atom. The van der Waals surface area contributed by atoms with Crippen molar-refractivity contribution in [3.8, 4) is 0 Å². The van der Waals surface area contributed by atoms with E-state index in [4.69, 9.17) is 9.05 Å². The standard InChI is InChI=1S/C41H83N2O6P/c1-6-8-10-12-14-16-18-19-20-21-22-23-25-27-29-31-33-35-41(45)42-39(38-49-50(46,47)48-37-36-43(3,4)5)40(44)34-32-30-28-26-24-17-15-13-11-9-7-2/h24,26,39-40,44H,6-23,25,27-38H2,1-5H3,(H-,42,45,46,47)/b26-24+/t39-,40+/m0/s1. The van der Waals surface area contributed by atoms with Crippen LogP contribution in [0.25, 0.3) is 0 Å². The third kappa shape index (κ3) is 35.6. The fourth-order valence-corrected chi connectivity index (χ4v) is 6.81. The van der Waals surface area contributed by atoms with E-state index in [1.54, 1.807) is 0 Å². The van der Waals surface area contributed by atoms with Crippen LogP contribution in [0.4, 0.5) is 0 Å². The maximum absolute atomic E-state index is 12.8. The summed E-state index contributed by atoms with van der Waals surface area (Å²) in [6.07, 6.45) is 36.4. The molecule has 0 radical (unpaired) electrons. The van der Waals surface area contributed by atoms with E-state index in [0.717, 1.165) is 44.9 Å². The van der Waals surface area contributed by atoms with E-state index in [1.807, 2.05) is 21.1 Å². The summed E-state index contributed by atoms with van der Waals surface area (Å²) in [5.41, 5.74) is 0. The van der Waals surface area contributed by atoms with Crippen molar-refractivity contribution < 1.29 is 32.9 Å². The molecule has 298 valence electrons. The molecular formula is C41H83N2O6P. The number of phosphoric ester groups is 1. The molecule has 1 unspecified atom stereocenters. The monoisotopic (exact) mass is 731 g/mol. The molecule has 9 heteroatoms. The van der Waals surface area contributed by atoms with Crippen LogP contribution in [-0.2, 0) is 18.4 Å². The van der Waals surface area contributed by atoms with E-state index in [2.05, 4.69) is 31.3 Å². The molecule has 0 fully saturated rings. The van der Waals surface area contributed by atoms with Crippen molar-refractivity contribution in [3.63, 3.8) is 0 Å². The Balaban J connectivity index is 4.36. The number of carbonyl (C=O) groups is 1. The highest BCUT2D eigenvalue weighted by Crippen LogP contribution is 2.38. The van der Waals surface area contributed by atoms with Crippen molar-refractivity contribution in [2.75, 3.05) is 40.9 Å². The third-order valence-corrected chi connectivity index (χ3v) is 10.5. The average molecular weight is 731 g/mol. The molecular weight excluding hydrogens is 647 g/mol. The van der Waals surface area contributed by atoms with Gasteiger partial charge in [0, 0.05) is 6.42 Å². The number of nitrogens with zero attached hydrogens (tertiary/aromatic N) is 1. The van der Waals surface area contributed by atoms with Crippen LogP contribution in [0.5, 0.6) is 0 Å². The molecule has 0 aliphatic rings. The predicted molar refractivity (Wildman–Crippen MR) is 210 cm³/mol. The molecule has 0 aliphatic carbocycles. The molecule has 0 spiro atoms. The van der Waals surface area contributed by atoms with E-state index in [1.165, 1.54) is 122 Å². The topological polar surface area (TPSA) is 108 Å². The number of likely N-dealkylation sites (N-methyl/N-ethyl adjacent to an activating group) is 1. The molecule has 0 saturated heterocycles. The van der Waals surface area contributed by atoms with Crippen LogP contribution in [0.15, 0.2) is 12.2 Å². The lowest BCUT2D eigenvalue weighted by molar-refractivity contribution is -0.870. The first-order valence-electron chi connectivity index (χ1n) is 21.0. The highest BCUT2D eigenvalue weighted by Gasteiger charge is 2.24. The summed E-state index contributed by atoms with van der Waals surface area (Å²) >= 11 is 0. The lowest BCUT2D eigenvalue weighted by Crippen LogP contribution is -2.46. The van der Waals surface area contributed by atoms with Gasteiger partial charge >= 0.3 is 0 Å². The maximum atomic E-state index is 12.8. The van der Waals surface area contributed by atoms with Crippen LogP contribution < -0.4 is 10.2 Å². The minimum absolute atomic E-state index is 0.00935. The summed E-state index contributed by atoms with van der Waals surface area (Å²) < 4.78 is 23.2. The number of carbonyl (C=O) groups excluding carboxylic acids is 1. The molecule has 0 bridgehead atoms. The Kier molecular flexibility index (Phi) is 33.5. The van der Waals surface area contributed by atoms with E-state index >= 15 is 0 Å². The second-order valence-electron chi connectivity index (χ2n) is 15.7. The fraction of sp³-hybridized carbons (Fsp3) is 0.927. The van der Waals surface area contributed by atoms with Gasteiger partial charge in [-0.05, 0) is 38.5 Å². The summed E-state index contributed by atoms with van der Waals surface area (Å²) in [5, 5.41) is 13.8. The van der Waals surface area contributed by atoms with Crippen molar-refractivity contribution in [2.45, 2.75) is 206 Å². The average Bonchev–Trinajstić information content (AvgIpc) is 3.06. The Labute approximate surface area is 310 Å². The van der Waals surface area contributed by atoms with Crippen LogP contribution in [0.1, 0.15) is 194 Å². The van der Waals surface area contributed by atoms with E-state index < -0.39 is 20.0 Å². The van der Waals surface area contributed by atoms with Crippen LogP contribution in [0.3, 0.4) is 0 Å². The number of allylic oxidation sites excluding steroid dienone is 2. The van der Waals surface area contributed by atoms with Crippen molar-refractivity contribution in [1.82, 2.24) is 5.32 Å². The number of unbranched alkanes of at least 4 members (excludes halogenated alkanes) is 23. The van der Waals surface area contributed by atoms with Gasteiger partial charge in [-0.1, -0.05) is 161 Å². The smallest absolute Gasteiger partial charge is 0.268 e. The number of nitrogens with one attached hydrogen (secondary N) is 1. The number of aliphatic hydroxyl groups is 1. The summed E-state index contributed by atoms with van der Waals surface area (Å²) in [4.78, 5) is 25.2. The zero-order chi connectivity index (χ0) is 37.2. The largest absolute Gasteiger partial charge is 0.756 e. The Bertz CT molecular complexity index is 834. The molecule has 0 aromatic rings. The van der Waals surface area contributed by atoms with Crippen LogP contribution >= 0.6 is 7.82 Å². The van der Waals surface area contributed by atoms with Crippen molar-refractivity contribution in [2.24, 2.45) is 0 Å². The summed E-state index contributed by atoms with van der Waals surface area (Å²) in [5.74, 6) is -0.174. The van der Waals surface area contributed by atoms with Gasteiger partial charge < -0.3 is 28.8 Å². The minimum Gasteiger partial charge on any atom is -0.756 e. The van der Waals surface area contributed by atoms with Crippen LogP contribution in [0, 0.1) is 0 Å². The third-order valence-electron chi connectivity index (χ3n) is 9.50. The summed E-state index contributed by atoms with van der Waals surface area (Å²) in [6.45, 7) is 4.68. The molecule has 1 amide bonds.